The van der Waals surface area contributed by atoms with Crippen molar-refractivity contribution >= 4 is 46.8 Å². The maximum atomic E-state index is 12.0. The number of rotatable bonds is 8. The molecule has 0 heterocycles. The Morgan fingerprint density at radius 3 is 2.73 bits per heavy atom. The van der Waals surface area contributed by atoms with E-state index < -0.39 is 0 Å². The van der Waals surface area contributed by atoms with Gasteiger partial charge in [0.1, 0.15) is 0 Å². The van der Waals surface area contributed by atoms with Crippen LogP contribution in [0, 0.1) is 0 Å². The molecule has 0 spiro atoms. The van der Waals surface area contributed by atoms with Crippen LogP contribution in [0.4, 0.5) is 0 Å². The van der Waals surface area contributed by atoms with Crippen LogP contribution in [0.25, 0.3) is 0 Å². The number of hydrogen-bond donors (Lipinski definition) is 1. The number of carbonyl (C=O) groups excluding carboxylic acids is 2. The van der Waals surface area contributed by atoms with E-state index in [-0.39, 0.29) is 17.1 Å². The van der Waals surface area contributed by atoms with Crippen LogP contribution in [0.5, 0.6) is 0 Å². The largest absolute Gasteiger partial charge is 0.469 e. The number of ether oxygens (including phenoxy) is 1. The predicted molar refractivity (Wildman–Crippen MR) is 90.7 cm³/mol. The third kappa shape index (κ3) is 6.90. The van der Waals surface area contributed by atoms with E-state index in [0.29, 0.717) is 29.4 Å². The summed E-state index contributed by atoms with van der Waals surface area (Å²) in [5.41, 5.74) is 0. The van der Waals surface area contributed by atoms with Crippen molar-refractivity contribution < 1.29 is 14.3 Å². The molecule has 1 N–H and O–H groups in total. The van der Waals surface area contributed by atoms with E-state index in [4.69, 9.17) is 23.2 Å². The van der Waals surface area contributed by atoms with E-state index in [9.17, 15) is 9.59 Å². The number of hydrogen-bond acceptors (Lipinski definition) is 4. The number of halogens is 2. The van der Waals surface area contributed by atoms with E-state index in [1.54, 1.807) is 18.2 Å². The van der Waals surface area contributed by atoms with Crippen molar-refractivity contribution in [1.82, 2.24) is 5.32 Å². The summed E-state index contributed by atoms with van der Waals surface area (Å²) in [7, 11) is 1.37. The van der Waals surface area contributed by atoms with Gasteiger partial charge in [0, 0.05) is 22.9 Å². The molecule has 0 radical (unpaired) electrons. The van der Waals surface area contributed by atoms with Gasteiger partial charge in [0.05, 0.1) is 17.4 Å². The van der Waals surface area contributed by atoms with Crippen LogP contribution < -0.4 is 5.32 Å². The Kier molecular flexibility index (Phi) is 8.68. The van der Waals surface area contributed by atoms with Crippen LogP contribution in [-0.2, 0) is 14.3 Å². The number of thioether (sulfide) groups is 1. The number of esters is 1. The van der Waals surface area contributed by atoms with Crippen LogP contribution in [0.3, 0.4) is 0 Å². The molecule has 0 saturated heterocycles. The van der Waals surface area contributed by atoms with Gasteiger partial charge < -0.3 is 10.1 Å². The summed E-state index contributed by atoms with van der Waals surface area (Å²) in [4.78, 5) is 23.7. The Morgan fingerprint density at radius 2 is 2.05 bits per heavy atom. The van der Waals surface area contributed by atoms with Gasteiger partial charge in [-0.15, -0.1) is 11.8 Å². The number of methoxy groups -OCH3 is 1. The zero-order valence-electron chi connectivity index (χ0n) is 12.5. The van der Waals surface area contributed by atoms with Crippen LogP contribution in [0.1, 0.15) is 26.2 Å². The first-order valence-corrected chi connectivity index (χ1v) is 8.54. The second-order valence-electron chi connectivity index (χ2n) is 4.66. The van der Waals surface area contributed by atoms with Gasteiger partial charge in [0.15, 0.2) is 0 Å². The topological polar surface area (TPSA) is 55.4 Å². The molecule has 0 aliphatic heterocycles. The van der Waals surface area contributed by atoms with Crippen molar-refractivity contribution in [3.05, 3.63) is 28.2 Å². The fourth-order valence-electron chi connectivity index (χ4n) is 1.66. The second kappa shape index (κ2) is 9.98. The zero-order valence-corrected chi connectivity index (χ0v) is 14.9. The minimum absolute atomic E-state index is 0.0703. The van der Waals surface area contributed by atoms with Crippen molar-refractivity contribution in [2.24, 2.45) is 0 Å². The summed E-state index contributed by atoms with van der Waals surface area (Å²) >= 11 is 13.4. The molecule has 1 aromatic carbocycles. The van der Waals surface area contributed by atoms with Gasteiger partial charge in [-0.1, -0.05) is 23.2 Å². The molecular formula is C15H19Cl2NO3S. The van der Waals surface area contributed by atoms with E-state index in [2.05, 4.69) is 10.1 Å². The molecule has 7 heteroatoms. The lowest BCUT2D eigenvalue weighted by Gasteiger charge is -2.13. The molecule has 0 bridgehead atoms. The van der Waals surface area contributed by atoms with Gasteiger partial charge in [-0.25, -0.2) is 0 Å². The highest BCUT2D eigenvalue weighted by Crippen LogP contribution is 2.32. The van der Waals surface area contributed by atoms with E-state index in [1.165, 1.54) is 18.9 Å². The Labute approximate surface area is 144 Å². The normalized spacial score (nSPS) is 11.8. The van der Waals surface area contributed by atoms with Gasteiger partial charge in [-0.3, -0.25) is 9.59 Å². The smallest absolute Gasteiger partial charge is 0.305 e. The fourth-order valence-corrected chi connectivity index (χ4v) is 3.10. The Hall–Kier alpha value is -0.910. The van der Waals surface area contributed by atoms with E-state index in [1.807, 2.05) is 6.92 Å². The predicted octanol–water partition coefficient (Wildman–Crippen LogP) is 3.93. The quantitative estimate of drug-likeness (QED) is 0.431. The van der Waals surface area contributed by atoms with Crippen molar-refractivity contribution in [1.29, 1.82) is 0 Å². The average Bonchev–Trinajstić information content (AvgIpc) is 2.49. The highest BCUT2D eigenvalue weighted by Gasteiger charge is 2.15. The molecule has 0 aromatic heterocycles. The highest BCUT2D eigenvalue weighted by molar-refractivity contribution is 8.00. The monoisotopic (exact) mass is 363 g/mol. The minimum Gasteiger partial charge on any atom is -0.469 e. The summed E-state index contributed by atoms with van der Waals surface area (Å²) in [6.07, 6.45) is 1.79. The molecule has 22 heavy (non-hydrogen) atoms. The number of amides is 1. The Bertz CT molecular complexity index is 526. The molecule has 0 aliphatic carbocycles. The van der Waals surface area contributed by atoms with Crippen LogP contribution in [0.2, 0.25) is 10.0 Å². The van der Waals surface area contributed by atoms with Crippen molar-refractivity contribution in [3.8, 4) is 0 Å². The third-order valence-electron chi connectivity index (χ3n) is 2.90. The van der Waals surface area contributed by atoms with Crippen molar-refractivity contribution in [2.45, 2.75) is 36.3 Å². The summed E-state index contributed by atoms with van der Waals surface area (Å²) in [6, 6.07) is 5.17. The summed E-state index contributed by atoms with van der Waals surface area (Å²) in [5.74, 6) is -0.301. The maximum Gasteiger partial charge on any atom is 0.305 e. The number of nitrogens with one attached hydrogen (secondary N) is 1. The number of unbranched alkanes of at least 4 members (excludes halogenated alkanes) is 1. The van der Waals surface area contributed by atoms with Crippen molar-refractivity contribution in [2.75, 3.05) is 13.7 Å². The summed E-state index contributed by atoms with van der Waals surface area (Å²) in [6.45, 7) is 2.34. The first kappa shape index (κ1) is 19.1. The van der Waals surface area contributed by atoms with Gasteiger partial charge in [-0.2, -0.15) is 0 Å². The first-order valence-electron chi connectivity index (χ1n) is 6.90. The SMILES string of the molecule is COC(=O)CCCCNC(=O)C(C)Sc1cc(Cl)ccc1Cl. The molecule has 1 aromatic rings. The van der Waals surface area contributed by atoms with E-state index in [0.717, 1.165) is 11.3 Å². The lowest BCUT2D eigenvalue weighted by molar-refractivity contribution is -0.140. The molecule has 1 amide bonds. The standard InChI is InChI=1S/C15H19Cl2NO3S/c1-10(22-13-9-11(16)6-7-12(13)17)15(20)18-8-4-3-5-14(19)21-2/h6-7,9-10H,3-5,8H2,1-2H3,(H,18,20). The highest BCUT2D eigenvalue weighted by atomic mass is 35.5. The zero-order chi connectivity index (χ0) is 16.5. The molecule has 1 unspecified atom stereocenters. The third-order valence-corrected chi connectivity index (χ3v) is 4.74. The summed E-state index contributed by atoms with van der Waals surface area (Å²) in [5, 5.41) is 3.72. The molecule has 0 fully saturated rings. The maximum absolute atomic E-state index is 12.0. The number of benzene rings is 1. The van der Waals surface area contributed by atoms with Crippen LogP contribution in [-0.4, -0.2) is 30.8 Å². The number of carbonyl (C=O) groups is 2. The Morgan fingerprint density at radius 1 is 1.32 bits per heavy atom. The molecule has 1 atom stereocenters. The van der Waals surface area contributed by atoms with Crippen LogP contribution >= 0.6 is 35.0 Å². The molecule has 4 nitrogen and oxygen atoms in total. The average molecular weight is 364 g/mol. The Balaban J connectivity index is 2.33. The van der Waals surface area contributed by atoms with E-state index >= 15 is 0 Å². The summed E-state index contributed by atoms with van der Waals surface area (Å²) < 4.78 is 4.55. The van der Waals surface area contributed by atoms with Gasteiger partial charge in [0.2, 0.25) is 5.91 Å². The molecule has 0 aliphatic rings. The second-order valence-corrected chi connectivity index (χ2v) is 6.89. The van der Waals surface area contributed by atoms with Crippen molar-refractivity contribution in [3.63, 3.8) is 0 Å². The van der Waals surface area contributed by atoms with Crippen LogP contribution in [0.15, 0.2) is 23.1 Å². The molecule has 1 rings (SSSR count). The first-order chi connectivity index (χ1) is 10.4. The molecular weight excluding hydrogens is 345 g/mol. The van der Waals surface area contributed by atoms with Gasteiger partial charge in [0.25, 0.3) is 0 Å². The van der Waals surface area contributed by atoms with Gasteiger partial charge in [-0.05, 0) is 38.0 Å². The lowest BCUT2D eigenvalue weighted by Crippen LogP contribution is -2.31. The molecule has 122 valence electrons. The molecule has 0 saturated carbocycles. The lowest BCUT2D eigenvalue weighted by atomic mass is 10.2. The fraction of sp³-hybridized carbons (Fsp3) is 0.467. The minimum atomic E-state index is -0.281. The van der Waals surface area contributed by atoms with Gasteiger partial charge >= 0.3 is 5.97 Å².